The Balaban J connectivity index is 2.22. The highest BCUT2D eigenvalue weighted by atomic mass is 79.9. The van der Waals surface area contributed by atoms with E-state index in [9.17, 15) is 0 Å². The van der Waals surface area contributed by atoms with E-state index in [0.29, 0.717) is 23.0 Å². The summed E-state index contributed by atoms with van der Waals surface area (Å²) in [5, 5.41) is 3.56. The van der Waals surface area contributed by atoms with Gasteiger partial charge in [0.05, 0.1) is 12.7 Å². The minimum absolute atomic E-state index is 0.347. The Bertz CT molecular complexity index is 212. The molecule has 3 unspecified atom stereocenters. The number of ether oxygens (including phenoxy) is 1. The number of hydrogen-bond acceptors (Lipinski definition) is 3. The minimum atomic E-state index is 0.347. The van der Waals surface area contributed by atoms with Gasteiger partial charge in [-0.1, -0.05) is 22.9 Å². The number of rotatable bonds is 6. The average Bonchev–Trinajstić information content (AvgIpc) is 2.26. The van der Waals surface area contributed by atoms with Crippen LogP contribution in [0.2, 0.25) is 0 Å². The number of alkyl halides is 1. The summed E-state index contributed by atoms with van der Waals surface area (Å²) >= 11 is 3.59. The molecule has 1 rings (SSSR count). The van der Waals surface area contributed by atoms with Crippen LogP contribution >= 0.6 is 15.9 Å². The fourth-order valence-electron chi connectivity index (χ4n) is 2.24. The fourth-order valence-corrected chi connectivity index (χ4v) is 2.80. The van der Waals surface area contributed by atoms with Gasteiger partial charge in [-0.15, -0.1) is 0 Å². The number of nitrogens with one attached hydrogen (secondary N) is 1. The second kappa shape index (κ2) is 7.72. The summed E-state index contributed by atoms with van der Waals surface area (Å²) in [4.78, 5) is 3.07. The topological polar surface area (TPSA) is 24.5 Å². The summed E-state index contributed by atoms with van der Waals surface area (Å²) in [6.07, 6.45) is 1.50. The van der Waals surface area contributed by atoms with E-state index in [-0.39, 0.29) is 0 Å². The van der Waals surface area contributed by atoms with Crippen LogP contribution in [0.3, 0.4) is 0 Å². The average molecular weight is 307 g/mol. The molecule has 0 bridgehead atoms. The van der Waals surface area contributed by atoms with Gasteiger partial charge in [0.25, 0.3) is 0 Å². The number of hydrogen-bond donors (Lipinski definition) is 1. The number of halogens is 1. The van der Waals surface area contributed by atoms with Gasteiger partial charge in [0.1, 0.15) is 0 Å². The zero-order valence-electron chi connectivity index (χ0n) is 11.6. The molecule has 17 heavy (non-hydrogen) atoms. The van der Waals surface area contributed by atoms with Crippen LogP contribution in [0.1, 0.15) is 34.1 Å². The lowest BCUT2D eigenvalue weighted by Crippen LogP contribution is -2.50. The van der Waals surface area contributed by atoms with E-state index >= 15 is 0 Å². The first-order valence-electron chi connectivity index (χ1n) is 6.72. The van der Waals surface area contributed by atoms with E-state index < -0.39 is 0 Å². The molecule has 1 fully saturated rings. The van der Waals surface area contributed by atoms with Gasteiger partial charge in [0.15, 0.2) is 0 Å². The van der Waals surface area contributed by atoms with Crippen molar-refractivity contribution in [1.29, 1.82) is 0 Å². The maximum Gasteiger partial charge on any atom is 0.0826 e. The van der Waals surface area contributed by atoms with Crippen LogP contribution in [0.25, 0.3) is 0 Å². The van der Waals surface area contributed by atoms with E-state index in [1.165, 1.54) is 0 Å². The van der Waals surface area contributed by atoms with Crippen molar-refractivity contribution in [3.05, 3.63) is 0 Å². The fraction of sp³-hybridized carbons (Fsp3) is 1.00. The van der Waals surface area contributed by atoms with Crippen molar-refractivity contribution in [3.8, 4) is 0 Å². The van der Waals surface area contributed by atoms with Crippen molar-refractivity contribution >= 4 is 15.9 Å². The second-order valence-electron chi connectivity index (χ2n) is 5.41. The lowest BCUT2D eigenvalue weighted by atomic mass is 10.1. The molecule has 0 aliphatic carbocycles. The van der Waals surface area contributed by atoms with Crippen LogP contribution in [0, 0.1) is 0 Å². The summed E-state index contributed by atoms with van der Waals surface area (Å²) < 4.78 is 5.80. The molecule has 1 aliphatic rings. The molecule has 3 nitrogen and oxygen atoms in total. The molecule has 0 aromatic rings. The smallest absolute Gasteiger partial charge is 0.0826 e. The second-order valence-corrected chi connectivity index (χ2v) is 6.97. The Hall–Kier alpha value is 0.360. The van der Waals surface area contributed by atoms with E-state index in [0.717, 1.165) is 32.7 Å². The third kappa shape index (κ3) is 6.18. The van der Waals surface area contributed by atoms with Crippen molar-refractivity contribution in [2.24, 2.45) is 0 Å². The van der Waals surface area contributed by atoms with Crippen LogP contribution in [0.5, 0.6) is 0 Å². The Labute approximate surface area is 114 Å². The largest absolute Gasteiger partial charge is 0.374 e. The predicted octanol–water partition coefficient (Wildman–Crippen LogP) is 2.25. The van der Waals surface area contributed by atoms with E-state index in [1.807, 2.05) is 0 Å². The highest BCUT2D eigenvalue weighted by Crippen LogP contribution is 2.10. The van der Waals surface area contributed by atoms with Crippen LogP contribution in [0.15, 0.2) is 0 Å². The molecule has 0 saturated carbocycles. The van der Waals surface area contributed by atoms with Gasteiger partial charge in [-0.25, -0.2) is 0 Å². The van der Waals surface area contributed by atoms with E-state index in [1.54, 1.807) is 0 Å². The maximum atomic E-state index is 5.80. The monoisotopic (exact) mass is 306 g/mol. The van der Waals surface area contributed by atoms with Crippen LogP contribution in [-0.2, 0) is 4.74 Å². The summed E-state index contributed by atoms with van der Waals surface area (Å²) in [6.45, 7) is 12.9. The SMILES string of the molecule is CC(Br)CC(C)NCC1CN(C(C)C)CCO1. The van der Waals surface area contributed by atoms with Crippen LogP contribution in [0.4, 0.5) is 0 Å². The van der Waals surface area contributed by atoms with E-state index in [4.69, 9.17) is 4.74 Å². The zero-order valence-corrected chi connectivity index (χ0v) is 13.2. The van der Waals surface area contributed by atoms with E-state index in [2.05, 4.69) is 53.8 Å². The number of morpholine rings is 1. The highest BCUT2D eigenvalue weighted by molar-refractivity contribution is 9.09. The Morgan fingerprint density at radius 2 is 2.06 bits per heavy atom. The van der Waals surface area contributed by atoms with Crippen molar-refractivity contribution in [2.75, 3.05) is 26.2 Å². The normalized spacial score (nSPS) is 26.1. The Morgan fingerprint density at radius 1 is 1.35 bits per heavy atom. The first kappa shape index (κ1) is 15.4. The van der Waals surface area contributed by atoms with Gasteiger partial charge in [0, 0.05) is 36.5 Å². The molecule has 1 heterocycles. The lowest BCUT2D eigenvalue weighted by molar-refractivity contribution is -0.0380. The van der Waals surface area contributed by atoms with Gasteiger partial charge in [-0.2, -0.15) is 0 Å². The van der Waals surface area contributed by atoms with Gasteiger partial charge in [-0.05, 0) is 27.2 Å². The summed E-state index contributed by atoms with van der Waals surface area (Å²) in [5.41, 5.74) is 0. The third-order valence-electron chi connectivity index (χ3n) is 3.27. The summed E-state index contributed by atoms with van der Waals surface area (Å²) in [6, 6.07) is 1.17. The van der Waals surface area contributed by atoms with Gasteiger partial charge in [0.2, 0.25) is 0 Å². The molecule has 0 amide bonds. The lowest BCUT2D eigenvalue weighted by Gasteiger charge is -2.36. The molecule has 0 aromatic heterocycles. The molecule has 3 atom stereocenters. The van der Waals surface area contributed by atoms with Gasteiger partial charge >= 0.3 is 0 Å². The minimum Gasteiger partial charge on any atom is -0.374 e. The van der Waals surface area contributed by atoms with Crippen molar-refractivity contribution in [3.63, 3.8) is 0 Å². The number of nitrogens with zero attached hydrogens (tertiary/aromatic N) is 1. The maximum absolute atomic E-state index is 5.80. The Morgan fingerprint density at radius 3 is 2.65 bits per heavy atom. The zero-order chi connectivity index (χ0) is 12.8. The first-order chi connectivity index (χ1) is 7.99. The first-order valence-corrected chi connectivity index (χ1v) is 7.63. The molecule has 0 spiro atoms. The standard InChI is InChI=1S/C13H27BrN2O/c1-10(2)16-5-6-17-13(9-16)8-15-12(4)7-11(3)14/h10-13,15H,5-9H2,1-4H3. The molecule has 1 aliphatic heterocycles. The Kier molecular flexibility index (Phi) is 7.00. The third-order valence-corrected chi connectivity index (χ3v) is 3.65. The van der Waals surface area contributed by atoms with Gasteiger partial charge in [-0.3, -0.25) is 4.90 Å². The highest BCUT2D eigenvalue weighted by Gasteiger charge is 2.22. The van der Waals surface area contributed by atoms with Crippen molar-refractivity contribution in [1.82, 2.24) is 10.2 Å². The quantitative estimate of drug-likeness (QED) is 0.762. The predicted molar refractivity (Wildman–Crippen MR) is 76.9 cm³/mol. The molecule has 0 radical (unpaired) electrons. The molecular formula is C13H27BrN2O. The molecule has 1 N–H and O–H groups in total. The summed E-state index contributed by atoms with van der Waals surface area (Å²) in [7, 11) is 0. The molecule has 4 heteroatoms. The molecule has 102 valence electrons. The van der Waals surface area contributed by atoms with Crippen molar-refractivity contribution < 1.29 is 4.74 Å². The van der Waals surface area contributed by atoms with Crippen LogP contribution in [-0.4, -0.2) is 54.2 Å². The molecule has 1 saturated heterocycles. The van der Waals surface area contributed by atoms with Gasteiger partial charge < -0.3 is 10.1 Å². The molecule has 0 aromatic carbocycles. The van der Waals surface area contributed by atoms with Crippen molar-refractivity contribution in [2.45, 2.75) is 57.1 Å². The van der Waals surface area contributed by atoms with Crippen LogP contribution < -0.4 is 5.32 Å². The summed E-state index contributed by atoms with van der Waals surface area (Å²) in [5.74, 6) is 0. The molecular weight excluding hydrogens is 280 g/mol.